The third kappa shape index (κ3) is 2.19. The molecule has 1 aliphatic heterocycles. The highest BCUT2D eigenvalue weighted by Crippen LogP contribution is 2.32. The largest absolute Gasteiger partial charge is 0.478 e. The summed E-state index contributed by atoms with van der Waals surface area (Å²) in [7, 11) is 0. The molecule has 1 fully saturated rings. The first-order valence-corrected chi connectivity index (χ1v) is 6.31. The maximum atomic E-state index is 14.0. The van der Waals surface area contributed by atoms with Gasteiger partial charge in [-0.1, -0.05) is 13.0 Å². The third-order valence-corrected chi connectivity index (χ3v) is 3.88. The molecule has 18 heavy (non-hydrogen) atoms. The second-order valence-corrected chi connectivity index (χ2v) is 4.99. The van der Waals surface area contributed by atoms with Crippen molar-refractivity contribution in [2.24, 2.45) is 5.92 Å². The van der Waals surface area contributed by atoms with Crippen LogP contribution in [0.5, 0.6) is 0 Å². The van der Waals surface area contributed by atoms with Crippen LogP contribution >= 0.6 is 0 Å². The van der Waals surface area contributed by atoms with E-state index in [1.54, 1.807) is 0 Å². The fraction of sp³-hybridized carbons (Fsp3) is 0.500. The summed E-state index contributed by atoms with van der Waals surface area (Å²) in [5.74, 6) is -1.08. The van der Waals surface area contributed by atoms with Crippen LogP contribution in [-0.2, 0) is 0 Å². The molecule has 1 aromatic carbocycles. The maximum Gasteiger partial charge on any atom is 0.337 e. The van der Waals surface area contributed by atoms with Crippen molar-refractivity contribution < 1.29 is 14.3 Å². The molecule has 1 aliphatic rings. The van der Waals surface area contributed by atoms with Gasteiger partial charge in [-0.05, 0) is 37.8 Å². The van der Waals surface area contributed by atoms with Crippen LogP contribution in [0.25, 0.3) is 0 Å². The number of hydrogen-bond donors (Lipinski definition) is 1. The highest BCUT2D eigenvalue weighted by molar-refractivity contribution is 5.94. The normalized spacial score (nSPS) is 24.1. The number of aromatic carboxylic acids is 1. The maximum absolute atomic E-state index is 14.0. The molecule has 2 rings (SSSR count). The summed E-state index contributed by atoms with van der Waals surface area (Å²) in [5.41, 5.74) is 0.292. The molecule has 1 heterocycles. The number of carboxylic acids is 1. The Morgan fingerprint density at radius 1 is 1.44 bits per heavy atom. The number of carbonyl (C=O) groups is 1. The van der Waals surface area contributed by atoms with E-state index in [0.717, 1.165) is 12.8 Å². The van der Waals surface area contributed by atoms with Crippen molar-refractivity contribution in [2.45, 2.75) is 32.7 Å². The van der Waals surface area contributed by atoms with E-state index in [0.29, 0.717) is 12.5 Å². The molecule has 0 aliphatic carbocycles. The molecule has 4 heteroatoms. The van der Waals surface area contributed by atoms with Gasteiger partial charge in [-0.15, -0.1) is 0 Å². The summed E-state index contributed by atoms with van der Waals surface area (Å²) in [6, 6.07) is 4.40. The zero-order valence-electron chi connectivity index (χ0n) is 10.7. The number of benzene rings is 1. The van der Waals surface area contributed by atoms with Crippen LogP contribution in [-0.4, -0.2) is 23.7 Å². The van der Waals surface area contributed by atoms with Crippen molar-refractivity contribution in [1.29, 1.82) is 0 Å². The Balaban J connectivity index is 2.46. The quantitative estimate of drug-likeness (QED) is 0.877. The third-order valence-electron chi connectivity index (χ3n) is 3.88. The summed E-state index contributed by atoms with van der Waals surface area (Å²) in [4.78, 5) is 13.1. The van der Waals surface area contributed by atoms with Crippen LogP contribution in [0.1, 0.15) is 37.0 Å². The number of piperidine rings is 1. The predicted molar refractivity (Wildman–Crippen MR) is 68.6 cm³/mol. The smallest absolute Gasteiger partial charge is 0.337 e. The average Bonchev–Trinajstić information content (AvgIpc) is 2.33. The molecule has 0 aromatic heterocycles. The number of anilines is 1. The first-order chi connectivity index (χ1) is 8.52. The molecule has 1 N–H and O–H groups in total. The Kier molecular flexibility index (Phi) is 3.55. The SMILES string of the molecule is CC1CCCN(c2c(F)cccc2C(=O)O)C1C. The van der Waals surface area contributed by atoms with Gasteiger partial charge in [-0.3, -0.25) is 0 Å². The van der Waals surface area contributed by atoms with Gasteiger partial charge in [0.2, 0.25) is 0 Å². The second-order valence-electron chi connectivity index (χ2n) is 4.99. The van der Waals surface area contributed by atoms with Gasteiger partial charge in [-0.2, -0.15) is 0 Å². The number of hydrogen-bond acceptors (Lipinski definition) is 2. The minimum absolute atomic E-state index is 0.0518. The molecule has 3 nitrogen and oxygen atoms in total. The Hall–Kier alpha value is -1.58. The van der Waals surface area contributed by atoms with E-state index in [1.807, 2.05) is 11.8 Å². The van der Waals surface area contributed by atoms with E-state index in [2.05, 4.69) is 6.92 Å². The van der Waals surface area contributed by atoms with Gasteiger partial charge in [-0.25, -0.2) is 9.18 Å². The highest BCUT2D eigenvalue weighted by Gasteiger charge is 2.29. The van der Waals surface area contributed by atoms with Crippen LogP contribution < -0.4 is 4.90 Å². The fourth-order valence-electron chi connectivity index (χ4n) is 2.63. The molecule has 1 saturated heterocycles. The molecule has 0 amide bonds. The lowest BCUT2D eigenvalue weighted by Gasteiger charge is -2.40. The topological polar surface area (TPSA) is 40.5 Å². The first-order valence-electron chi connectivity index (χ1n) is 6.31. The van der Waals surface area contributed by atoms with Gasteiger partial charge in [0, 0.05) is 12.6 Å². The predicted octanol–water partition coefficient (Wildman–Crippen LogP) is 3.15. The van der Waals surface area contributed by atoms with Gasteiger partial charge < -0.3 is 10.0 Å². The van der Waals surface area contributed by atoms with Crippen molar-refractivity contribution in [1.82, 2.24) is 0 Å². The molecule has 0 saturated carbocycles. The van der Waals surface area contributed by atoms with Gasteiger partial charge in [0.15, 0.2) is 0 Å². The summed E-state index contributed by atoms with van der Waals surface area (Å²) in [5, 5.41) is 9.18. The number of nitrogens with zero attached hydrogens (tertiary/aromatic N) is 1. The van der Waals surface area contributed by atoms with E-state index < -0.39 is 11.8 Å². The lowest BCUT2D eigenvalue weighted by atomic mass is 9.91. The van der Waals surface area contributed by atoms with E-state index in [9.17, 15) is 14.3 Å². The van der Waals surface area contributed by atoms with Crippen LogP contribution in [0.4, 0.5) is 10.1 Å². The molecule has 1 aromatic rings. The molecule has 2 unspecified atom stereocenters. The lowest BCUT2D eigenvalue weighted by molar-refractivity contribution is 0.0696. The van der Waals surface area contributed by atoms with Crippen molar-refractivity contribution in [2.75, 3.05) is 11.4 Å². The van der Waals surface area contributed by atoms with Crippen LogP contribution in [0.3, 0.4) is 0 Å². The zero-order valence-corrected chi connectivity index (χ0v) is 10.7. The highest BCUT2D eigenvalue weighted by atomic mass is 19.1. The average molecular weight is 251 g/mol. The number of rotatable bonds is 2. The monoisotopic (exact) mass is 251 g/mol. The van der Waals surface area contributed by atoms with Crippen molar-refractivity contribution in [3.63, 3.8) is 0 Å². The van der Waals surface area contributed by atoms with E-state index in [1.165, 1.54) is 18.2 Å². The second kappa shape index (κ2) is 4.96. The van der Waals surface area contributed by atoms with Gasteiger partial charge in [0.1, 0.15) is 5.82 Å². The van der Waals surface area contributed by atoms with E-state index >= 15 is 0 Å². The fourth-order valence-corrected chi connectivity index (χ4v) is 2.63. The molecule has 0 bridgehead atoms. The minimum atomic E-state index is -1.07. The zero-order chi connectivity index (χ0) is 13.3. The Morgan fingerprint density at radius 3 is 2.83 bits per heavy atom. The van der Waals surface area contributed by atoms with E-state index in [4.69, 9.17) is 0 Å². The molecule has 2 atom stereocenters. The lowest BCUT2D eigenvalue weighted by Crippen LogP contribution is -2.43. The summed E-state index contributed by atoms with van der Waals surface area (Å²) in [6.07, 6.45) is 2.08. The van der Waals surface area contributed by atoms with Crippen molar-refractivity contribution >= 4 is 11.7 Å². The summed E-state index contributed by atoms with van der Waals surface area (Å²) < 4.78 is 14.0. The molecule has 0 radical (unpaired) electrons. The first kappa shape index (κ1) is 12.9. The Bertz CT molecular complexity index is 461. The number of carboxylic acid groups (broad SMARTS) is 1. The van der Waals surface area contributed by atoms with Crippen molar-refractivity contribution in [3.8, 4) is 0 Å². The summed E-state index contributed by atoms with van der Waals surface area (Å²) >= 11 is 0. The Morgan fingerprint density at radius 2 is 2.17 bits per heavy atom. The van der Waals surface area contributed by atoms with Gasteiger partial charge in [0.25, 0.3) is 0 Å². The van der Waals surface area contributed by atoms with Crippen LogP contribution in [0.2, 0.25) is 0 Å². The molecule has 98 valence electrons. The van der Waals surface area contributed by atoms with Gasteiger partial charge in [0.05, 0.1) is 11.3 Å². The summed E-state index contributed by atoms with van der Waals surface area (Å²) in [6.45, 7) is 4.87. The van der Waals surface area contributed by atoms with Gasteiger partial charge >= 0.3 is 5.97 Å². The van der Waals surface area contributed by atoms with Crippen molar-refractivity contribution in [3.05, 3.63) is 29.6 Å². The Labute approximate surface area is 106 Å². The van der Waals surface area contributed by atoms with E-state index in [-0.39, 0.29) is 17.3 Å². The standard InChI is InChI=1S/C14H18FNO2/c1-9-5-4-8-16(10(9)2)13-11(14(17)18)6-3-7-12(13)15/h3,6-7,9-10H,4-5,8H2,1-2H3,(H,17,18). The number of halogens is 1. The van der Waals surface area contributed by atoms with Crippen LogP contribution in [0, 0.1) is 11.7 Å². The minimum Gasteiger partial charge on any atom is -0.478 e. The number of para-hydroxylation sites is 1. The van der Waals surface area contributed by atoms with Crippen LogP contribution in [0.15, 0.2) is 18.2 Å². The molecular formula is C14H18FNO2. The molecular weight excluding hydrogens is 233 g/mol. The molecule has 0 spiro atoms.